The second-order valence-corrected chi connectivity index (χ2v) is 3.30. The number of benzene rings is 1. The summed E-state index contributed by atoms with van der Waals surface area (Å²) in [5.41, 5.74) is 0.131. The maximum absolute atomic E-state index is 11.4. The van der Waals surface area contributed by atoms with Crippen LogP contribution in [0.1, 0.15) is 15.9 Å². The van der Waals surface area contributed by atoms with Crippen molar-refractivity contribution in [2.75, 3.05) is 12.4 Å². The molecule has 0 bridgehead atoms. The lowest BCUT2D eigenvalue weighted by molar-refractivity contribution is 0.102. The Morgan fingerprint density at radius 2 is 2.33 bits per heavy atom. The van der Waals surface area contributed by atoms with Gasteiger partial charge in [-0.3, -0.25) is 4.79 Å². The fraction of sp³-hybridized carbons (Fsp3) is 0.200. The highest BCUT2D eigenvalue weighted by Gasteiger charge is 2.15. The van der Waals surface area contributed by atoms with Gasteiger partial charge in [0.25, 0.3) is 0 Å². The van der Waals surface area contributed by atoms with E-state index in [1.54, 1.807) is 6.07 Å². The number of alkyl halides is 1. The van der Waals surface area contributed by atoms with Crippen LogP contribution in [0.2, 0.25) is 0 Å². The molecule has 4 nitrogen and oxygen atoms in total. The molecule has 0 spiro atoms. The monoisotopic (exact) mass is 269 g/mol. The standard InChI is InChI=1S/C10H8BrNO3/c1-15-6-2-7(10(14)4-11)8(5-12)9(13)3-6/h2-3,13H,4H2,1H3. The topological polar surface area (TPSA) is 70.3 Å². The summed E-state index contributed by atoms with van der Waals surface area (Å²) in [5.74, 6) is -0.183. The third kappa shape index (κ3) is 2.28. The number of aromatic hydroxyl groups is 1. The van der Waals surface area contributed by atoms with E-state index in [9.17, 15) is 9.90 Å². The Morgan fingerprint density at radius 1 is 1.67 bits per heavy atom. The smallest absolute Gasteiger partial charge is 0.174 e. The highest BCUT2D eigenvalue weighted by molar-refractivity contribution is 9.09. The van der Waals surface area contributed by atoms with Crippen LogP contribution in [0.5, 0.6) is 11.5 Å². The number of methoxy groups -OCH3 is 1. The zero-order chi connectivity index (χ0) is 11.4. The van der Waals surface area contributed by atoms with Crippen LogP contribution in [0.15, 0.2) is 12.1 Å². The molecule has 0 amide bonds. The summed E-state index contributed by atoms with van der Waals surface area (Å²) < 4.78 is 4.89. The van der Waals surface area contributed by atoms with Crippen molar-refractivity contribution in [2.24, 2.45) is 0 Å². The van der Waals surface area contributed by atoms with Crippen LogP contribution in [0, 0.1) is 11.3 Å². The fourth-order valence-corrected chi connectivity index (χ4v) is 1.43. The predicted octanol–water partition coefficient (Wildman–Crippen LogP) is 1.85. The zero-order valence-corrected chi connectivity index (χ0v) is 9.54. The minimum Gasteiger partial charge on any atom is -0.506 e. The van der Waals surface area contributed by atoms with Gasteiger partial charge in [0.1, 0.15) is 23.1 Å². The van der Waals surface area contributed by atoms with Gasteiger partial charge in [0, 0.05) is 11.6 Å². The average molecular weight is 270 g/mol. The predicted molar refractivity (Wildman–Crippen MR) is 57.5 cm³/mol. The summed E-state index contributed by atoms with van der Waals surface area (Å²) in [6, 6.07) is 4.51. The van der Waals surface area contributed by atoms with E-state index < -0.39 is 0 Å². The lowest BCUT2D eigenvalue weighted by Crippen LogP contribution is -2.04. The first-order chi connectivity index (χ1) is 7.13. The van der Waals surface area contributed by atoms with Crippen LogP contribution in [-0.4, -0.2) is 23.3 Å². The number of carbonyl (C=O) groups is 1. The number of nitriles is 1. The lowest BCUT2D eigenvalue weighted by Gasteiger charge is -2.06. The van der Waals surface area contributed by atoms with Crippen molar-refractivity contribution in [1.29, 1.82) is 5.26 Å². The first kappa shape index (κ1) is 11.5. The Labute approximate surface area is 95.2 Å². The van der Waals surface area contributed by atoms with Crippen molar-refractivity contribution >= 4 is 21.7 Å². The summed E-state index contributed by atoms with van der Waals surface area (Å²) >= 11 is 3.00. The van der Waals surface area contributed by atoms with Gasteiger partial charge in [0.05, 0.1) is 12.4 Å². The van der Waals surface area contributed by atoms with Crippen molar-refractivity contribution in [2.45, 2.75) is 0 Å². The second kappa shape index (κ2) is 4.80. The molecule has 78 valence electrons. The Balaban J connectivity index is 3.40. The molecule has 0 heterocycles. The van der Waals surface area contributed by atoms with E-state index in [1.807, 2.05) is 0 Å². The third-order valence-corrected chi connectivity index (χ3v) is 2.37. The van der Waals surface area contributed by atoms with Crippen molar-refractivity contribution in [1.82, 2.24) is 0 Å². The molecule has 0 aliphatic carbocycles. The van der Waals surface area contributed by atoms with Crippen molar-refractivity contribution in [3.05, 3.63) is 23.3 Å². The molecule has 5 heteroatoms. The van der Waals surface area contributed by atoms with E-state index >= 15 is 0 Å². The van der Waals surface area contributed by atoms with Gasteiger partial charge in [-0.25, -0.2) is 0 Å². The quantitative estimate of drug-likeness (QED) is 0.672. The van der Waals surface area contributed by atoms with Gasteiger partial charge < -0.3 is 9.84 Å². The molecule has 0 aliphatic heterocycles. The van der Waals surface area contributed by atoms with Gasteiger partial charge in [-0.1, -0.05) is 15.9 Å². The maximum Gasteiger partial charge on any atom is 0.174 e. The minimum absolute atomic E-state index is 0.0275. The van der Waals surface area contributed by atoms with Crippen LogP contribution < -0.4 is 4.74 Å². The van der Waals surface area contributed by atoms with E-state index in [1.165, 1.54) is 19.2 Å². The van der Waals surface area contributed by atoms with Gasteiger partial charge in [-0.2, -0.15) is 5.26 Å². The first-order valence-corrected chi connectivity index (χ1v) is 5.16. The van der Waals surface area contributed by atoms with Crippen LogP contribution in [0.4, 0.5) is 0 Å². The Bertz CT molecular complexity index is 437. The number of hydrogen-bond donors (Lipinski definition) is 1. The van der Waals surface area contributed by atoms with Crippen LogP contribution in [0.3, 0.4) is 0 Å². The lowest BCUT2D eigenvalue weighted by atomic mass is 10.0. The zero-order valence-electron chi connectivity index (χ0n) is 7.95. The number of hydrogen-bond acceptors (Lipinski definition) is 4. The average Bonchev–Trinajstić information content (AvgIpc) is 2.26. The summed E-state index contributed by atoms with van der Waals surface area (Å²) in [4.78, 5) is 11.4. The molecular weight excluding hydrogens is 262 g/mol. The fourth-order valence-electron chi connectivity index (χ4n) is 1.13. The molecule has 15 heavy (non-hydrogen) atoms. The van der Waals surface area contributed by atoms with Crippen LogP contribution in [-0.2, 0) is 0 Å². The van der Waals surface area contributed by atoms with E-state index in [4.69, 9.17) is 10.00 Å². The van der Waals surface area contributed by atoms with Gasteiger partial charge in [-0.15, -0.1) is 0 Å². The molecule has 1 aromatic rings. The number of rotatable bonds is 3. The molecule has 0 atom stereocenters. The van der Waals surface area contributed by atoms with E-state index in [-0.39, 0.29) is 28.0 Å². The van der Waals surface area contributed by atoms with E-state index in [0.717, 1.165) is 0 Å². The molecular formula is C10H8BrNO3. The Morgan fingerprint density at radius 3 is 2.80 bits per heavy atom. The highest BCUT2D eigenvalue weighted by atomic mass is 79.9. The molecule has 0 saturated carbocycles. The van der Waals surface area contributed by atoms with E-state index in [2.05, 4.69) is 15.9 Å². The van der Waals surface area contributed by atoms with Gasteiger partial charge in [0.2, 0.25) is 0 Å². The number of ether oxygens (including phenoxy) is 1. The van der Waals surface area contributed by atoms with Gasteiger partial charge in [-0.05, 0) is 6.07 Å². The molecule has 0 unspecified atom stereocenters. The molecule has 0 saturated heterocycles. The van der Waals surface area contributed by atoms with Gasteiger partial charge >= 0.3 is 0 Å². The first-order valence-electron chi connectivity index (χ1n) is 4.04. The third-order valence-electron chi connectivity index (χ3n) is 1.86. The minimum atomic E-state index is -0.277. The van der Waals surface area contributed by atoms with Gasteiger partial charge in [0.15, 0.2) is 5.78 Å². The normalized spacial score (nSPS) is 9.40. The molecule has 1 N–H and O–H groups in total. The molecule has 1 aromatic carbocycles. The van der Waals surface area contributed by atoms with Crippen LogP contribution in [0.25, 0.3) is 0 Å². The molecule has 1 rings (SSSR count). The highest BCUT2D eigenvalue weighted by Crippen LogP contribution is 2.27. The summed E-state index contributed by atoms with van der Waals surface area (Å²) in [6.07, 6.45) is 0. The Hall–Kier alpha value is -1.54. The number of Topliss-reactive ketones (excluding diaryl/α,β-unsaturated/α-hetero) is 1. The summed E-state index contributed by atoms with van der Waals surface area (Å²) in [6.45, 7) is 0. The molecule has 0 fully saturated rings. The number of carbonyl (C=O) groups excluding carboxylic acids is 1. The Kier molecular flexibility index (Phi) is 3.69. The molecule has 0 aromatic heterocycles. The number of halogens is 1. The SMILES string of the molecule is COc1cc(O)c(C#N)c(C(=O)CBr)c1. The summed E-state index contributed by atoms with van der Waals surface area (Å²) in [7, 11) is 1.42. The maximum atomic E-state index is 11.4. The number of phenols is 1. The number of ketones is 1. The van der Waals surface area contributed by atoms with Crippen molar-refractivity contribution in [3.63, 3.8) is 0 Å². The second-order valence-electron chi connectivity index (χ2n) is 2.74. The molecule has 0 radical (unpaired) electrons. The van der Waals surface area contributed by atoms with E-state index in [0.29, 0.717) is 5.75 Å². The number of phenolic OH excluding ortho intramolecular Hbond substituents is 1. The largest absolute Gasteiger partial charge is 0.506 e. The number of nitrogens with zero attached hydrogens (tertiary/aromatic N) is 1. The summed E-state index contributed by atoms with van der Waals surface area (Å²) in [5, 5.41) is 18.4. The van der Waals surface area contributed by atoms with Crippen LogP contribution >= 0.6 is 15.9 Å². The molecule has 0 aliphatic rings. The van der Waals surface area contributed by atoms with Crippen molar-refractivity contribution in [3.8, 4) is 17.6 Å². The van der Waals surface area contributed by atoms with Crippen molar-refractivity contribution < 1.29 is 14.6 Å².